The van der Waals surface area contributed by atoms with Gasteiger partial charge in [-0.05, 0) is 53.1 Å². The van der Waals surface area contributed by atoms with Crippen molar-refractivity contribution in [3.8, 4) is 0 Å². The number of hydrogen-bond donors (Lipinski definition) is 3. The largest absolute Gasteiger partial charge is 0.446 e. The van der Waals surface area contributed by atoms with Gasteiger partial charge in [-0.3, -0.25) is 24.5 Å². The van der Waals surface area contributed by atoms with Gasteiger partial charge in [-0.15, -0.1) is 0 Å². The van der Waals surface area contributed by atoms with Crippen LogP contribution in [0.4, 0.5) is 13.2 Å². The molecule has 34 heavy (non-hydrogen) atoms. The number of amides is 4. The molecule has 1 saturated heterocycles. The normalized spacial score (nSPS) is 18.7. The number of carbonyl (C=O) groups excluding carboxylic acids is 4. The highest BCUT2D eigenvalue weighted by atomic mass is 32.2. The number of thioether (sulfide) groups is 1. The van der Waals surface area contributed by atoms with Crippen molar-refractivity contribution >= 4 is 35.4 Å². The molecule has 11 heteroatoms. The van der Waals surface area contributed by atoms with Gasteiger partial charge >= 0.3 is 5.51 Å². The first-order valence-corrected chi connectivity index (χ1v) is 11.3. The number of nitrogens with one attached hydrogen (secondary N) is 3. The van der Waals surface area contributed by atoms with Crippen LogP contribution in [0.1, 0.15) is 45.9 Å². The lowest BCUT2D eigenvalue weighted by Gasteiger charge is -2.30. The quantitative estimate of drug-likeness (QED) is 0.426. The summed E-state index contributed by atoms with van der Waals surface area (Å²) in [5.74, 6) is -2.21. The van der Waals surface area contributed by atoms with E-state index in [1.165, 1.54) is 24.3 Å². The van der Waals surface area contributed by atoms with E-state index in [1.54, 1.807) is 18.2 Å². The topological polar surface area (TPSA) is 104 Å². The van der Waals surface area contributed by atoms with Crippen LogP contribution in [0.15, 0.2) is 47.4 Å². The Morgan fingerprint density at radius 2 is 1.85 bits per heavy atom. The molecule has 0 aliphatic carbocycles. The van der Waals surface area contributed by atoms with E-state index >= 15 is 0 Å². The Bertz CT molecular complexity index is 1150. The number of alkyl halides is 3. The fourth-order valence-electron chi connectivity index (χ4n) is 4.11. The van der Waals surface area contributed by atoms with Crippen molar-refractivity contribution in [2.45, 2.75) is 42.3 Å². The van der Waals surface area contributed by atoms with E-state index in [-0.39, 0.29) is 47.7 Å². The van der Waals surface area contributed by atoms with Crippen LogP contribution >= 0.6 is 11.8 Å². The first kappa shape index (κ1) is 23.8. The number of imide groups is 1. The van der Waals surface area contributed by atoms with Crippen molar-refractivity contribution in [3.63, 3.8) is 0 Å². The average molecular weight is 491 g/mol. The first-order chi connectivity index (χ1) is 16.1. The van der Waals surface area contributed by atoms with Gasteiger partial charge in [0.1, 0.15) is 0 Å². The third-order valence-electron chi connectivity index (χ3n) is 5.69. The van der Waals surface area contributed by atoms with Gasteiger partial charge in [0.25, 0.3) is 5.91 Å². The van der Waals surface area contributed by atoms with Gasteiger partial charge in [-0.1, -0.05) is 24.3 Å². The molecule has 2 unspecified atom stereocenters. The van der Waals surface area contributed by atoms with Gasteiger partial charge in [0.15, 0.2) is 0 Å². The molecule has 0 spiro atoms. The van der Waals surface area contributed by atoms with E-state index in [0.717, 1.165) is 5.56 Å². The molecule has 2 aliphatic rings. The lowest BCUT2D eigenvalue weighted by Crippen LogP contribution is -2.47. The Kier molecular flexibility index (Phi) is 6.65. The molecular weight excluding hydrogens is 471 g/mol. The molecule has 3 N–H and O–H groups in total. The molecule has 4 rings (SSSR count). The van der Waals surface area contributed by atoms with Crippen LogP contribution in [-0.2, 0) is 27.3 Å². The van der Waals surface area contributed by atoms with Crippen LogP contribution in [-0.4, -0.2) is 29.1 Å². The number of benzene rings is 2. The highest BCUT2D eigenvalue weighted by Crippen LogP contribution is 2.37. The zero-order valence-electron chi connectivity index (χ0n) is 17.7. The van der Waals surface area contributed by atoms with Crippen LogP contribution in [0.2, 0.25) is 0 Å². The molecule has 1 fully saturated rings. The van der Waals surface area contributed by atoms with Crippen molar-refractivity contribution < 1.29 is 32.3 Å². The number of piperidine rings is 1. The summed E-state index contributed by atoms with van der Waals surface area (Å²) in [6.07, 6.45) is 0.269. The Labute approximate surface area is 196 Å². The molecule has 178 valence electrons. The van der Waals surface area contributed by atoms with Crippen LogP contribution in [0, 0.1) is 5.92 Å². The minimum Gasteiger partial charge on any atom is -0.348 e. The molecule has 2 aliphatic heterocycles. The lowest BCUT2D eigenvalue weighted by molar-refractivity contribution is -0.137. The lowest BCUT2D eigenvalue weighted by atomic mass is 9.85. The molecule has 2 heterocycles. The fraction of sp³-hybridized carbons (Fsp3) is 0.304. The summed E-state index contributed by atoms with van der Waals surface area (Å²) < 4.78 is 37.5. The van der Waals surface area contributed by atoms with Crippen LogP contribution in [0.5, 0.6) is 0 Å². The smallest absolute Gasteiger partial charge is 0.348 e. The van der Waals surface area contributed by atoms with E-state index in [4.69, 9.17) is 0 Å². The maximum Gasteiger partial charge on any atom is 0.446 e. The summed E-state index contributed by atoms with van der Waals surface area (Å²) in [5.41, 5.74) is -2.00. The summed E-state index contributed by atoms with van der Waals surface area (Å²) in [5, 5.41) is 7.86. The standard InChI is InChI=1S/C23H20F3N3O4S/c24-23(25,26)34-15-4-1-12(2-5-15)9-19(31)28-20(17-7-8-18(30)29-22(17)33)13-3-6-16-14(10-13)11-27-21(16)32/h1-6,10,17,20H,7-9,11H2,(H,27,32)(H,28,31)(H,29,30,33). The third-order valence-corrected chi connectivity index (χ3v) is 6.43. The Morgan fingerprint density at radius 1 is 1.12 bits per heavy atom. The average Bonchev–Trinajstić information content (AvgIpc) is 3.13. The fourth-order valence-corrected chi connectivity index (χ4v) is 4.65. The molecule has 0 saturated carbocycles. The molecular formula is C23H20F3N3O4S. The predicted octanol–water partition coefficient (Wildman–Crippen LogP) is 2.99. The zero-order valence-corrected chi connectivity index (χ0v) is 18.5. The molecule has 0 aromatic heterocycles. The van der Waals surface area contributed by atoms with Crippen LogP contribution < -0.4 is 16.0 Å². The van der Waals surface area contributed by atoms with Crippen LogP contribution in [0.3, 0.4) is 0 Å². The molecule has 4 amide bonds. The second-order valence-corrected chi connectivity index (χ2v) is 9.21. The monoisotopic (exact) mass is 491 g/mol. The van der Waals surface area contributed by atoms with E-state index in [2.05, 4.69) is 16.0 Å². The minimum atomic E-state index is -4.40. The maximum atomic E-state index is 12.8. The summed E-state index contributed by atoms with van der Waals surface area (Å²) in [6.45, 7) is 0.334. The molecule has 2 aromatic carbocycles. The summed E-state index contributed by atoms with van der Waals surface area (Å²) in [7, 11) is 0. The van der Waals surface area contributed by atoms with Crippen molar-refractivity contribution in [3.05, 3.63) is 64.7 Å². The number of rotatable bonds is 6. The van der Waals surface area contributed by atoms with Gasteiger partial charge in [-0.25, -0.2) is 0 Å². The molecule has 0 bridgehead atoms. The van der Waals surface area contributed by atoms with E-state index in [0.29, 0.717) is 23.2 Å². The Balaban J connectivity index is 1.52. The van der Waals surface area contributed by atoms with E-state index in [9.17, 15) is 32.3 Å². The summed E-state index contributed by atoms with van der Waals surface area (Å²) in [6, 6.07) is 9.79. The van der Waals surface area contributed by atoms with Crippen molar-refractivity contribution in [1.82, 2.24) is 16.0 Å². The molecule has 2 atom stereocenters. The SMILES string of the molecule is O=C1CCC(C(NC(=O)Cc2ccc(SC(F)(F)F)cc2)c2ccc3c(c2)CNC3=O)C(=O)N1. The predicted molar refractivity (Wildman–Crippen MR) is 116 cm³/mol. The van der Waals surface area contributed by atoms with Crippen molar-refractivity contribution in [1.29, 1.82) is 0 Å². The van der Waals surface area contributed by atoms with E-state index < -0.39 is 29.3 Å². The van der Waals surface area contributed by atoms with Gasteiger partial charge in [0, 0.05) is 23.4 Å². The van der Waals surface area contributed by atoms with Gasteiger partial charge in [-0.2, -0.15) is 13.2 Å². The summed E-state index contributed by atoms with van der Waals surface area (Å²) in [4.78, 5) is 48.9. The van der Waals surface area contributed by atoms with Crippen molar-refractivity contribution in [2.24, 2.45) is 5.92 Å². The number of hydrogen-bond acceptors (Lipinski definition) is 5. The second kappa shape index (κ2) is 9.49. The Morgan fingerprint density at radius 3 is 2.53 bits per heavy atom. The first-order valence-electron chi connectivity index (χ1n) is 10.5. The van der Waals surface area contributed by atoms with E-state index in [1.807, 2.05) is 0 Å². The van der Waals surface area contributed by atoms with Gasteiger partial charge in [0.05, 0.1) is 18.4 Å². The molecule has 7 nitrogen and oxygen atoms in total. The maximum absolute atomic E-state index is 12.8. The summed E-state index contributed by atoms with van der Waals surface area (Å²) >= 11 is -0.236. The molecule has 0 radical (unpaired) electrons. The third kappa shape index (κ3) is 5.58. The van der Waals surface area contributed by atoms with Gasteiger partial charge in [0.2, 0.25) is 17.7 Å². The minimum absolute atomic E-state index is 0.0133. The highest BCUT2D eigenvalue weighted by Gasteiger charge is 2.36. The number of halogens is 3. The Hall–Kier alpha value is -3.34. The highest BCUT2D eigenvalue weighted by molar-refractivity contribution is 8.00. The number of fused-ring (bicyclic) bond motifs is 1. The van der Waals surface area contributed by atoms with Crippen molar-refractivity contribution in [2.75, 3.05) is 0 Å². The van der Waals surface area contributed by atoms with Gasteiger partial charge < -0.3 is 10.6 Å². The zero-order chi connectivity index (χ0) is 24.5. The second-order valence-electron chi connectivity index (χ2n) is 8.07. The number of carbonyl (C=O) groups is 4. The van der Waals surface area contributed by atoms with Crippen LogP contribution in [0.25, 0.3) is 0 Å². The molecule has 2 aromatic rings.